The standard InChI is InChI=1S/C16H13N3O/c1-11-7-9-13(10-8-11)15-17-14(18-16(20)19-15)12-5-3-2-4-6-12/h2-10H,1H3,(H,17,18,19,20). The summed E-state index contributed by atoms with van der Waals surface area (Å²) in [6.45, 7) is 2.02. The van der Waals surface area contributed by atoms with Gasteiger partial charge in [0.25, 0.3) is 0 Å². The number of nitrogens with one attached hydrogen (secondary N) is 1. The average molecular weight is 263 g/mol. The van der Waals surface area contributed by atoms with Gasteiger partial charge in [-0.1, -0.05) is 60.2 Å². The molecule has 1 aromatic heterocycles. The van der Waals surface area contributed by atoms with E-state index in [1.807, 2.05) is 61.5 Å². The highest BCUT2D eigenvalue weighted by Gasteiger charge is 2.06. The van der Waals surface area contributed by atoms with Crippen LogP contribution in [0, 0.1) is 6.92 Å². The number of aromatic amines is 1. The molecule has 98 valence electrons. The Morgan fingerprint density at radius 2 is 1.55 bits per heavy atom. The maximum atomic E-state index is 11.7. The van der Waals surface area contributed by atoms with Crippen molar-refractivity contribution in [1.29, 1.82) is 0 Å². The van der Waals surface area contributed by atoms with Crippen LogP contribution >= 0.6 is 0 Å². The lowest BCUT2D eigenvalue weighted by molar-refractivity contribution is 1.00. The Balaban J connectivity index is 2.12. The Morgan fingerprint density at radius 3 is 2.25 bits per heavy atom. The van der Waals surface area contributed by atoms with Crippen molar-refractivity contribution < 1.29 is 0 Å². The molecule has 2 aromatic carbocycles. The molecule has 0 saturated heterocycles. The van der Waals surface area contributed by atoms with Gasteiger partial charge in [-0.05, 0) is 6.92 Å². The fourth-order valence-electron chi connectivity index (χ4n) is 1.95. The molecule has 0 aliphatic heterocycles. The molecule has 0 aliphatic rings. The minimum atomic E-state index is -0.394. The van der Waals surface area contributed by atoms with E-state index in [2.05, 4.69) is 15.0 Å². The zero-order valence-corrected chi connectivity index (χ0v) is 11.0. The lowest BCUT2D eigenvalue weighted by Gasteiger charge is -2.04. The minimum absolute atomic E-state index is 0.394. The van der Waals surface area contributed by atoms with Crippen molar-refractivity contribution in [2.45, 2.75) is 6.92 Å². The predicted octanol–water partition coefficient (Wildman–Crippen LogP) is 2.81. The summed E-state index contributed by atoms with van der Waals surface area (Å²) >= 11 is 0. The van der Waals surface area contributed by atoms with Gasteiger partial charge < -0.3 is 0 Å². The average Bonchev–Trinajstić information content (AvgIpc) is 2.48. The second kappa shape index (κ2) is 5.09. The molecule has 1 heterocycles. The molecule has 0 aliphatic carbocycles. The molecule has 1 N–H and O–H groups in total. The van der Waals surface area contributed by atoms with Crippen molar-refractivity contribution in [3.8, 4) is 22.8 Å². The summed E-state index contributed by atoms with van der Waals surface area (Å²) in [5.74, 6) is 0.966. The summed E-state index contributed by atoms with van der Waals surface area (Å²) < 4.78 is 0. The molecular weight excluding hydrogens is 250 g/mol. The van der Waals surface area contributed by atoms with Gasteiger partial charge in [-0.15, -0.1) is 0 Å². The fourth-order valence-corrected chi connectivity index (χ4v) is 1.95. The third-order valence-corrected chi connectivity index (χ3v) is 3.01. The predicted molar refractivity (Wildman–Crippen MR) is 78.3 cm³/mol. The normalized spacial score (nSPS) is 10.4. The highest BCUT2D eigenvalue weighted by molar-refractivity contribution is 5.60. The minimum Gasteiger partial charge on any atom is -0.290 e. The van der Waals surface area contributed by atoms with E-state index in [4.69, 9.17) is 0 Å². The van der Waals surface area contributed by atoms with Gasteiger partial charge in [0.2, 0.25) is 0 Å². The number of H-pyrrole nitrogens is 1. The Labute approximate surface area is 116 Å². The molecule has 0 saturated carbocycles. The quantitative estimate of drug-likeness (QED) is 0.773. The van der Waals surface area contributed by atoms with Gasteiger partial charge >= 0.3 is 5.69 Å². The number of aryl methyl sites for hydroxylation is 1. The highest BCUT2D eigenvalue weighted by Crippen LogP contribution is 2.18. The van der Waals surface area contributed by atoms with Crippen molar-refractivity contribution in [3.05, 3.63) is 70.6 Å². The number of aromatic nitrogens is 3. The van der Waals surface area contributed by atoms with Crippen molar-refractivity contribution in [2.24, 2.45) is 0 Å². The first kappa shape index (κ1) is 12.3. The molecule has 0 spiro atoms. The lowest BCUT2D eigenvalue weighted by Crippen LogP contribution is -2.14. The summed E-state index contributed by atoms with van der Waals surface area (Å²) in [5.41, 5.74) is 2.46. The van der Waals surface area contributed by atoms with E-state index in [9.17, 15) is 4.79 Å². The third kappa shape index (κ3) is 2.49. The smallest absolute Gasteiger partial charge is 0.290 e. The van der Waals surface area contributed by atoms with E-state index in [1.165, 1.54) is 0 Å². The fraction of sp³-hybridized carbons (Fsp3) is 0.0625. The van der Waals surface area contributed by atoms with E-state index in [0.717, 1.165) is 16.7 Å². The van der Waals surface area contributed by atoms with Crippen LogP contribution < -0.4 is 5.69 Å². The Morgan fingerprint density at radius 1 is 0.850 bits per heavy atom. The summed E-state index contributed by atoms with van der Waals surface area (Å²) in [6, 6.07) is 17.3. The van der Waals surface area contributed by atoms with Gasteiger partial charge in [-0.25, -0.2) is 9.78 Å². The van der Waals surface area contributed by atoms with Crippen LogP contribution in [-0.2, 0) is 0 Å². The Kier molecular flexibility index (Phi) is 3.13. The van der Waals surface area contributed by atoms with Crippen LogP contribution in [0.25, 0.3) is 22.8 Å². The van der Waals surface area contributed by atoms with Crippen LogP contribution in [0.3, 0.4) is 0 Å². The van der Waals surface area contributed by atoms with Crippen molar-refractivity contribution in [3.63, 3.8) is 0 Å². The first-order chi connectivity index (χ1) is 9.72. The number of hydrogen-bond donors (Lipinski definition) is 1. The number of rotatable bonds is 2. The largest absolute Gasteiger partial charge is 0.348 e. The summed E-state index contributed by atoms with van der Waals surface area (Å²) in [7, 11) is 0. The molecule has 0 amide bonds. The first-order valence-corrected chi connectivity index (χ1v) is 6.33. The van der Waals surface area contributed by atoms with Crippen LogP contribution in [0.15, 0.2) is 59.4 Å². The van der Waals surface area contributed by atoms with E-state index in [0.29, 0.717) is 11.6 Å². The van der Waals surface area contributed by atoms with Gasteiger partial charge in [-0.2, -0.15) is 4.98 Å². The number of hydrogen-bond acceptors (Lipinski definition) is 3. The molecule has 0 unspecified atom stereocenters. The summed E-state index contributed by atoms with van der Waals surface area (Å²) in [5, 5.41) is 0. The van der Waals surface area contributed by atoms with E-state index >= 15 is 0 Å². The number of benzene rings is 2. The van der Waals surface area contributed by atoms with E-state index in [-0.39, 0.29) is 0 Å². The molecule has 3 rings (SSSR count). The van der Waals surface area contributed by atoms with Crippen molar-refractivity contribution in [2.75, 3.05) is 0 Å². The van der Waals surface area contributed by atoms with Crippen LogP contribution in [0.4, 0.5) is 0 Å². The zero-order valence-electron chi connectivity index (χ0n) is 11.0. The Hall–Kier alpha value is -2.75. The van der Waals surface area contributed by atoms with Crippen molar-refractivity contribution >= 4 is 0 Å². The lowest BCUT2D eigenvalue weighted by atomic mass is 10.1. The van der Waals surface area contributed by atoms with Gasteiger partial charge in [0.05, 0.1) is 0 Å². The molecule has 4 nitrogen and oxygen atoms in total. The van der Waals surface area contributed by atoms with Crippen LogP contribution in [0.2, 0.25) is 0 Å². The van der Waals surface area contributed by atoms with Gasteiger partial charge in [-0.3, -0.25) is 4.98 Å². The van der Waals surface area contributed by atoms with Crippen molar-refractivity contribution in [1.82, 2.24) is 15.0 Å². The van der Waals surface area contributed by atoms with Crippen LogP contribution in [0.5, 0.6) is 0 Å². The third-order valence-electron chi connectivity index (χ3n) is 3.01. The first-order valence-electron chi connectivity index (χ1n) is 6.33. The zero-order chi connectivity index (χ0) is 13.9. The molecule has 20 heavy (non-hydrogen) atoms. The second-order valence-corrected chi connectivity index (χ2v) is 4.56. The van der Waals surface area contributed by atoms with E-state index < -0.39 is 5.69 Å². The Bertz CT molecular complexity index is 777. The van der Waals surface area contributed by atoms with Crippen LogP contribution in [0.1, 0.15) is 5.56 Å². The maximum absolute atomic E-state index is 11.7. The molecule has 0 bridgehead atoms. The number of nitrogens with zero attached hydrogens (tertiary/aromatic N) is 2. The molecular formula is C16H13N3O. The van der Waals surface area contributed by atoms with Crippen LogP contribution in [-0.4, -0.2) is 15.0 Å². The topological polar surface area (TPSA) is 58.6 Å². The van der Waals surface area contributed by atoms with Gasteiger partial charge in [0, 0.05) is 11.1 Å². The molecule has 0 atom stereocenters. The second-order valence-electron chi connectivity index (χ2n) is 4.56. The summed E-state index contributed by atoms with van der Waals surface area (Å²) in [4.78, 5) is 22.8. The van der Waals surface area contributed by atoms with Gasteiger partial charge in [0.1, 0.15) is 5.82 Å². The highest BCUT2D eigenvalue weighted by atomic mass is 16.1. The molecule has 0 fully saturated rings. The maximum Gasteiger partial charge on any atom is 0.348 e. The summed E-state index contributed by atoms with van der Waals surface area (Å²) in [6.07, 6.45) is 0. The molecule has 0 radical (unpaired) electrons. The molecule has 3 aromatic rings. The monoisotopic (exact) mass is 263 g/mol. The van der Waals surface area contributed by atoms with E-state index in [1.54, 1.807) is 0 Å². The molecule has 4 heteroatoms. The SMILES string of the molecule is Cc1ccc(-c2nc(-c3ccccc3)nc(=O)[nH]2)cc1. The van der Waals surface area contributed by atoms with Gasteiger partial charge in [0.15, 0.2) is 5.82 Å².